The zero-order valence-electron chi connectivity index (χ0n) is 14.2. The van der Waals surface area contributed by atoms with E-state index in [1.165, 1.54) is 0 Å². The number of pyridine rings is 1. The molecule has 25 heavy (non-hydrogen) atoms. The molecule has 6 nitrogen and oxygen atoms in total. The van der Waals surface area contributed by atoms with E-state index in [4.69, 9.17) is 4.98 Å². The van der Waals surface area contributed by atoms with Gasteiger partial charge in [0.25, 0.3) is 5.91 Å². The number of carbonyl (C=O) groups is 1. The number of rotatable bonds is 3. The van der Waals surface area contributed by atoms with Gasteiger partial charge in [-0.3, -0.25) is 4.79 Å². The lowest BCUT2D eigenvalue weighted by Gasteiger charge is -2.32. The molecule has 128 valence electrons. The van der Waals surface area contributed by atoms with Gasteiger partial charge in [0.05, 0.1) is 16.6 Å². The van der Waals surface area contributed by atoms with Crippen LogP contribution in [0.15, 0.2) is 42.6 Å². The number of H-pyrrole nitrogens is 1. The van der Waals surface area contributed by atoms with E-state index < -0.39 is 0 Å². The van der Waals surface area contributed by atoms with E-state index in [1.54, 1.807) is 19.3 Å². The number of para-hydroxylation sites is 2. The van der Waals surface area contributed by atoms with Crippen LogP contribution in [0.3, 0.4) is 0 Å². The Morgan fingerprint density at radius 3 is 3.00 bits per heavy atom. The summed E-state index contributed by atoms with van der Waals surface area (Å²) in [5.74, 6) is 1.86. The number of carbonyl (C=O) groups excluding carboxylic acids is 1. The Kier molecular flexibility index (Phi) is 4.09. The molecule has 1 amide bonds. The van der Waals surface area contributed by atoms with Gasteiger partial charge in [-0.1, -0.05) is 12.1 Å². The lowest BCUT2D eigenvalue weighted by molar-refractivity contribution is 0.0705. The Morgan fingerprint density at radius 1 is 1.28 bits per heavy atom. The molecular formula is C19H21N5O. The second kappa shape index (κ2) is 6.55. The predicted octanol–water partition coefficient (Wildman–Crippen LogP) is 3.02. The normalized spacial score (nSPS) is 17.6. The molecule has 0 saturated carbocycles. The van der Waals surface area contributed by atoms with Crippen LogP contribution in [0.5, 0.6) is 0 Å². The molecule has 3 heterocycles. The van der Waals surface area contributed by atoms with Crippen molar-refractivity contribution in [3.05, 3.63) is 54.0 Å². The van der Waals surface area contributed by atoms with Crippen molar-refractivity contribution in [1.82, 2.24) is 19.9 Å². The van der Waals surface area contributed by atoms with Crippen molar-refractivity contribution in [2.75, 3.05) is 25.5 Å². The highest BCUT2D eigenvalue weighted by atomic mass is 16.2. The van der Waals surface area contributed by atoms with Gasteiger partial charge in [0.15, 0.2) is 0 Å². The second-order valence-corrected chi connectivity index (χ2v) is 6.38. The van der Waals surface area contributed by atoms with Crippen molar-refractivity contribution in [3.8, 4) is 0 Å². The zero-order chi connectivity index (χ0) is 17.2. The molecule has 3 aromatic rings. The van der Waals surface area contributed by atoms with Crippen LogP contribution in [0, 0.1) is 0 Å². The third kappa shape index (κ3) is 2.95. The molecular weight excluding hydrogens is 314 g/mol. The Labute approximate surface area is 146 Å². The smallest absolute Gasteiger partial charge is 0.257 e. The molecule has 2 aromatic heterocycles. The highest BCUT2D eigenvalue weighted by molar-refractivity contribution is 5.98. The minimum Gasteiger partial charge on any atom is -0.372 e. The molecule has 4 rings (SSSR count). The SMILES string of the molecule is CNc1ncccc1C(=O)N1CCCC(c2nc3ccccc3[nH]2)C1. The number of nitrogens with zero attached hydrogens (tertiary/aromatic N) is 3. The number of anilines is 1. The molecule has 2 N–H and O–H groups in total. The van der Waals surface area contributed by atoms with Crippen LogP contribution in [-0.4, -0.2) is 45.9 Å². The topological polar surface area (TPSA) is 73.9 Å². The average molecular weight is 335 g/mol. The number of imidazole rings is 1. The number of amides is 1. The van der Waals surface area contributed by atoms with E-state index in [-0.39, 0.29) is 11.8 Å². The third-order valence-corrected chi connectivity index (χ3v) is 4.78. The zero-order valence-corrected chi connectivity index (χ0v) is 14.2. The van der Waals surface area contributed by atoms with Gasteiger partial charge in [-0.15, -0.1) is 0 Å². The number of benzene rings is 1. The standard InChI is InChI=1S/C19H21N5O/c1-20-18-14(7-4-10-21-18)19(25)24-11-5-6-13(12-24)17-22-15-8-2-3-9-16(15)23-17/h2-4,7-10,13H,5-6,11-12H2,1H3,(H,20,21)(H,22,23). The summed E-state index contributed by atoms with van der Waals surface area (Å²) in [5, 5.41) is 3.00. The minimum atomic E-state index is 0.0262. The Balaban J connectivity index is 1.57. The fourth-order valence-corrected chi connectivity index (χ4v) is 3.50. The molecule has 0 spiro atoms. The van der Waals surface area contributed by atoms with Crippen molar-refractivity contribution in [1.29, 1.82) is 0 Å². The second-order valence-electron chi connectivity index (χ2n) is 6.38. The largest absolute Gasteiger partial charge is 0.372 e. The van der Waals surface area contributed by atoms with Gasteiger partial charge in [0.2, 0.25) is 0 Å². The first-order chi connectivity index (χ1) is 12.3. The van der Waals surface area contributed by atoms with E-state index in [9.17, 15) is 4.79 Å². The monoisotopic (exact) mass is 335 g/mol. The maximum absolute atomic E-state index is 12.9. The van der Waals surface area contributed by atoms with Crippen LogP contribution in [0.25, 0.3) is 11.0 Å². The summed E-state index contributed by atoms with van der Waals surface area (Å²) in [6, 6.07) is 11.7. The lowest BCUT2D eigenvalue weighted by Crippen LogP contribution is -2.39. The maximum Gasteiger partial charge on any atom is 0.257 e. The minimum absolute atomic E-state index is 0.0262. The number of hydrogen-bond donors (Lipinski definition) is 2. The van der Waals surface area contributed by atoms with Crippen molar-refractivity contribution in [2.45, 2.75) is 18.8 Å². The van der Waals surface area contributed by atoms with Gasteiger partial charge in [0.1, 0.15) is 11.6 Å². The van der Waals surface area contributed by atoms with Crippen molar-refractivity contribution in [3.63, 3.8) is 0 Å². The number of likely N-dealkylation sites (tertiary alicyclic amines) is 1. The molecule has 1 aliphatic rings. The molecule has 0 radical (unpaired) electrons. The number of hydrogen-bond acceptors (Lipinski definition) is 4. The first-order valence-electron chi connectivity index (χ1n) is 8.63. The molecule has 1 saturated heterocycles. The number of fused-ring (bicyclic) bond motifs is 1. The van der Waals surface area contributed by atoms with Crippen LogP contribution in [0.2, 0.25) is 0 Å². The fraction of sp³-hybridized carbons (Fsp3) is 0.316. The van der Waals surface area contributed by atoms with Crippen molar-refractivity contribution in [2.24, 2.45) is 0 Å². The highest BCUT2D eigenvalue weighted by Crippen LogP contribution is 2.28. The summed E-state index contributed by atoms with van der Waals surface area (Å²) in [6.07, 6.45) is 3.70. The number of nitrogens with one attached hydrogen (secondary N) is 2. The van der Waals surface area contributed by atoms with Gasteiger partial charge >= 0.3 is 0 Å². The summed E-state index contributed by atoms with van der Waals surface area (Å²) in [5.41, 5.74) is 2.65. The van der Waals surface area contributed by atoms with Gasteiger partial charge in [-0.25, -0.2) is 9.97 Å². The number of aromatic amines is 1. The molecule has 1 atom stereocenters. The summed E-state index contributed by atoms with van der Waals surface area (Å²) in [6.45, 7) is 1.45. The maximum atomic E-state index is 12.9. The first kappa shape index (κ1) is 15.6. The van der Waals surface area contributed by atoms with E-state index in [0.29, 0.717) is 17.9 Å². The Bertz CT molecular complexity index is 870. The highest BCUT2D eigenvalue weighted by Gasteiger charge is 2.28. The molecule has 0 bridgehead atoms. The fourth-order valence-electron chi connectivity index (χ4n) is 3.50. The molecule has 1 aromatic carbocycles. The number of piperidine rings is 1. The van der Waals surface area contributed by atoms with Crippen LogP contribution in [-0.2, 0) is 0 Å². The predicted molar refractivity (Wildman–Crippen MR) is 97.8 cm³/mol. The molecule has 1 aliphatic heterocycles. The third-order valence-electron chi connectivity index (χ3n) is 4.78. The summed E-state index contributed by atoms with van der Waals surface area (Å²) >= 11 is 0. The first-order valence-corrected chi connectivity index (χ1v) is 8.63. The van der Waals surface area contributed by atoms with Crippen LogP contribution in [0.4, 0.5) is 5.82 Å². The van der Waals surface area contributed by atoms with E-state index in [1.807, 2.05) is 35.2 Å². The summed E-state index contributed by atoms with van der Waals surface area (Å²) in [4.78, 5) is 27.2. The van der Waals surface area contributed by atoms with E-state index in [0.717, 1.165) is 36.2 Å². The quantitative estimate of drug-likeness (QED) is 0.771. The Hall–Kier alpha value is -2.89. The van der Waals surface area contributed by atoms with Gasteiger partial charge in [-0.2, -0.15) is 0 Å². The van der Waals surface area contributed by atoms with Gasteiger partial charge in [0, 0.05) is 32.3 Å². The van der Waals surface area contributed by atoms with E-state index in [2.05, 4.69) is 15.3 Å². The van der Waals surface area contributed by atoms with Crippen LogP contribution in [0.1, 0.15) is 34.9 Å². The summed E-state index contributed by atoms with van der Waals surface area (Å²) in [7, 11) is 1.78. The van der Waals surface area contributed by atoms with Crippen molar-refractivity contribution < 1.29 is 4.79 Å². The molecule has 1 unspecified atom stereocenters. The van der Waals surface area contributed by atoms with E-state index >= 15 is 0 Å². The van der Waals surface area contributed by atoms with Crippen LogP contribution >= 0.6 is 0 Å². The van der Waals surface area contributed by atoms with Gasteiger partial charge < -0.3 is 15.2 Å². The van der Waals surface area contributed by atoms with Crippen molar-refractivity contribution >= 4 is 22.8 Å². The molecule has 1 fully saturated rings. The lowest BCUT2D eigenvalue weighted by atomic mass is 9.96. The number of aromatic nitrogens is 3. The molecule has 0 aliphatic carbocycles. The van der Waals surface area contributed by atoms with Crippen LogP contribution < -0.4 is 5.32 Å². The summed E-state index contributed by atoms with van der Waals surface area (Å²) < 4.78 is 0. The van der Waals surface area contributed by atoms with Gasteiger partial charge in [-0.05, 0) is 37.1 Å². The molecule has 6 heteroatoms. The Morgan fingerprint density at radius 2 is 2.16 bits per heavy atom. The average Bonchev–Trinajstić information content (AvgIpc) is 3.12.